The number of nitrogens with zero attached hydrogens (tertiary/aromatic N) is 3. The molecule has 0 saturated carbocycles. The Bertz CT molecular complexity index is 1160. The Morgan fingerprint density at radius 3 is 2.20 bits per heavy atom. The molecule has 0 aliphatic heterocycles. The maximum Gasteiger partial charge on any atom is 0.265 e. The number of benzene rings is 1. The quantitative estimate of drug-likeness (QED) is 0.544. The Morgan fingerprint density at radius 1 is 1.10 bits per heavy atom. The number of hydrogen-bond donors (Lipinski definition) is 2. The molecule has 1 unspecified atom stereocenters. The third-order valence-electron chi connectivity index (χ3n) is 4.64. The predicted molar refractivity (Wildman–Crippen MR) is 109 cm³/mol. The number of amides is 1. The van der Waals surface area contributed by atoms with E-state index in [2.05, 4.69) is 9.71 Å². The normalized spacial score (nSPS) is 12.5. The van der Waals surface area contributed by atoms with Crippen molar-refractivity contribution in [3.63, 3.8) is 0 Å². The summed E-state index contributed by atoms with van der Waals surface area (Å²) in [7, 11) is 2.28. The second-order valence-corrected chi connectivity index (χ2v) is 8.35. The minimum atomic E-state index is -4.04. The molecular formula is C19H23N5O5S. The van der Waals surface area contributed by atoms with Crippen LogP contribution in [0, 0.1) is 0 Å². The van der Waals surface area contributed by atoms with E-state index in [1.807, 2.05) is 0 Å². The predicted octanol–water partition coefficient (Wildman–Crippen LogP) is 0.943. The lowest BCUT2D eigenvalue weighted by molar-refractivity contribution is 0.0992. The first-order valence-corrected chi connectivity index (χ1v) is 10.3. The van der Waals surface area contributed by atoms with E-state index in [9.17, 15) is 13.2 Å². The number of carbonyl (C=O) groups is 1. The number of methoxy groups -OCH3 is 2. The van der Waals surface area contributed by atoms with Crippen LogP contribution in [0.25, 0.3) is 0 Å². The molecule has 0 radical (unpaired) electrons. The first-order valence-electron chi connectivity index (χ1n) is 8.85. The zero-order chi connectivity index (χ0) is 22.1. The highest BCUT2D eigenvalue weighted by molar-refractivity contribution is 7.89. The fourth-order valence-corrected chi connectivity index (χ4v) is 4.32. The standard InChI is InChI=1S/C19H23N5O5S/c1-23-6-5-21-19(23)17(12-7-13(28-3)9-14(8-12)29-4)22-30(26,27)15-10-16(18(20)25)24(2)11-15/h5-11,17,22H,1-4H3,(H2,20,25). The molecule has 0 saturated heterocycles. The topological polar surface area (TPSA) is 130 Å². The number of primary amides is 1. The van der Waals surface area contributed by atoms with Gasteiger partial charge in [-0.2, -0.15) is 4.72 Å². The van der Waals surface area contributed by atoms with Gasteiger partial charge in [-0.05, 0) is 23.8 Å². The lowest BCUT2D eigenvalue weighted by Crippen LogP contribution is -2.31. The summed E-state index contributed by atoms with van der Waals surface area (Å²) in [6.45, 7) is 0. The van der Waals surface area contributed by atoms with Gasteiger partial charge in [-0.25, -0.2) is 13.4 Å². The molecule has 3 N–H and O–H groups in total. The summed E-state index contributed by atoms with van der Waals surface area (Å²) in [5, 5.41) is 0. The van der Waals surface area contributed by atoms with Gasteiger partial charge in [0.05, 0.1) is 14.2 Å². The van der Waals surface area contributed by atoms with Gasteiger partial charge in [-0.1, -0.05) is 0 Å². The van der Waals surface area contributed by atoms with E-state index in [1.54, 1.807) is 49.3 Å². The molecule has 160 valence electrons. The molecule has 30 heavy (non-hydrogen) atoms. The van der Waals surface area contributed by atoms with E-state index in [0.717, 1.165) is 0 Å². The maximum absolute atomic E-state index is 13.1. The van der Waals surface area contributed by atoms with Crippen LogP contribution in [0.4, 0.5) is 0 Å². The van der Waals surface area contributed by atoms with E-state index < -0.39 is 22.0 Å². The highest BCUT2D eigenvalue weighted by Crippen LogP contribution is 2.30. The lowest BCUT2D eigenvalue weighted by Gasteiger charge is -2.20. The van der Waals surface area contributed by atoms with Crippen molar-refractivity contribution in [1.82, 2.24) is 18.8 Å². The molecule has 3 aromatic rings. The zero-order valence-electron chi connectivity index (χ0n) is 17.0. The third-order valence-corrected chi connectivity index (χ3v) is 6.03. The molecule has 0 fully saturated rings. The van der Waals surface area contributed by atoms with Crippen LogP contribution in [0.1, 0.15) is 27.9 Å². The Kier molecular flexibility index (Phi) is 5.85. The fourth-order valence-electron chi connectivity index (χ4n) is 3.07. The van der Waals surface area contributed by atoms with Gasteiger partial charge in [-0.15, -0.1) is 0 Å². The molecule has 0 bridgehead atoms. The van der Waals surface area contributed by atoms with Crippen LogP contribution in [-0.4, -0.2) is 42.7 Å². The molecule has 1 amide bonds. The van der Waals surface area contributed by atoms with Gasteiger partial charge < -0.3 is 24.3 Å². The van der Waals surface area contributed by atoms with Crippen molar-refractivity contribution < 1.29 is 22.7 Å². The monoisotopic (exact) mass is 433 g/mol. The number of sulfonamides is 1. The van der Waals surface area contributed by atoms with Gasteiger partial charge in [0.1, 0.15) is 34.0 Å². The summed E-state index contributed by atoms with van der Waals surface area (Å²) >= 11 is 0. The largest absolute Gasteiger partial charge is 0.497 e. The third kappa shape index (κ3) is 4.16. The summed E-state index contributed by atoms with van der Waals surface area (Å²) in [5.41, 5.74) is 5.95. The number of carbonyl (C=O) groups excluding carboxylic acids is 1. The molecule has 1 atom stereocenters. The average molecular weight is 433 g/mol. The zero-order valence-corrected chi connectivity index (χ0v) is 17.8. The number of rotatable bonds is 8. The molecule has 2 aromatic heterocycles. The fraction of sp³-hybridized carbons (Fsp3) is 0.263. The molecule has 10 nitrogen and oxygen atoms in total. The SMILES string of the molecule is COc1cc(OC)cc(C(NS(=O)(=O)c2cc(C(N)=O)n(C)c2)c2nccn2C)c1. The minimum absolute atomic E-state index is 0.0759. The van der Waals surface area contributed by atoms with Gasteiger partial charge in [0.15, 0.2) is 0 Å². The van der Waals surface area contributed by atoms with Crippen molar-refractivity contribution in [3.8, 4) is 11.5 Å². The van der Waals surface area contributed by atoms with Gasteiger partial charge in [-0.3, -0.25) is 4.79 Å². The van der Waals surface area contributed by atoms with Crippen LogP contribution >= 0.6 is 0 Å². The number of aryl methyl sites for hydroxylation is 2. The molecule has 11 heteroatoms. The summed E-state index contributed by atoms with van der Waals surface area (Å²) in [4.78, 5) is 15.7. The molecule has 3 rings (SSSR count). The maximum atomic E-state index is 13.1. The summed E-state index contributed by atoms with van der Waals surface area (Å²) < 4.78 is 42.7. The van der Waals surface area contributed by atoms with Gasteiger partial charge >= 0.3 is 0 Å². The van der Waals surface area contributed by atoms with Crippen molar-refractivity contribution in [2.45, 2.75) is 10.9 Å². The van der Waals surface area contributed by atoms with Crippen molar-refractivity contribution in [2.24, 2.45) is 19.8 Å². The van der Waals surface area contributed by atoms with E-state index in [4.69, 9.17) is 15.2 Å². The highest BCUT2D eigenvalue weighted by atomic mass is 32.2. The van der Waals surface area contributed by atoms with Crippen LogP contribution in [0.2, 0.25) is 0 Å². The highest BCUT2D eigenvalue weighted by Gasteiger charge is 2.28. The summed E-state index contributed by atoms with van der Waals surface area (Å²) in [5.74, 6) is 0.731. The Morgan fingerprint density at radius 2 is 1.73 bits per heavy atom. The summed E-state index contributed by atoms with van der Waals surface area (Å²) in [6.07, 6.45) is 4.60. The van der Waals surface area contributed by atoms with Gasteiger partial charge in [0.25, 0.3) is 5.91 Å². The number of aromatic nitrogens is 3. The van der Waals surface area contributed by atoms with Crippen molar-refractivity contribution in [3.05, 3.63) is 59.9 Å². The Labute approximate surface area is 174 Å². The van der Waals surface area contributed by atoms with Crippen molar-refractivity contribution in [1.29, 1.82) is 0 Å². The average Bonchev–Trinajstić information content (AvgIpc) is 3.31. The first kappa shape index (κ1) is 21.4. The number of hydrogen-bond acceptors (Lipinski definition) is 6. The number of imidazole rings is 1. The smallest absolute Gasteiger partial charge is 0.265 e. The first-order chi connectivity index (χ1) is 14.2. The van der Waals surface area contributed by atoms with Crippen LogP contribution in [0.3, 0.4) is 0 Å². The molecule has 0 spiro atoms. The van der Waals surface area contributed by atoms with Crippen LogP contribution in [-0.2, 0) is 24.1 Å². The lowest BCUT2D eigenvalue weighted by atomic mass is 10.1. The van der Waals surface area contributed by atoms with Gasteiger partial charge in [0.2, 0.25) is 10.0 Å². The molecule has 0 aliphatic rings. The van der Waals surface area contributed by atoms with E-state index >= 15 is 0 Å². The van der Waals surface area contributed by atoms with Crippen LogP contribution in [0.15, 0.2) is 47.8 Å². The van der Waals surface area contributed by atoms with Crippen LogP contribution in [0.5, 0.6) is 11.5 Å². The van der Waals surface area contributed by atoms with E-state index in [-0.39, 0.29) is 10.6 Å². The number of ether oxygens (including phenoxy) is 2. The molecular weight excluding hydrogens is 410 g/mol. The van der Waals surface area contributed by atoms with Crippen molar-refractivity contribution in [2.75, 3.05) is 14.2 Å². The second kappa shape index (κ2) is 8.20. The Hall–Kier alpha value is -3.31. The van der Waals surface area contributed by atoms with E-state index in [1.165, 1.54) is 31.0 Å². The number of nitrogens with one attached hydrogen (secondary N) is 1. The molecule has 1 aromatic carbocycles. The Balaban J connectivity index is 2.10. The summed E-state index contributed by atoms with van der Waals surface area (Å²) in [6, 6.07) is 5.46. The van der Waals surface area contributed by atoms with Gasteiger partial charge in [0, 0.05) is 38.8 Å². The molecule has 2 heterocycles. The number of nitrogens with two attached hydrogens (primary N) is 1. The van der Waals surface area contributed by atoms with Crippen LogP contribution < -0.4 is 19.9 Å². The molecule has 0 aliphatic carbocycles. The second-order valence-electron chi connectivity index (χ2n) is 6.63. The van der Waals surface area contributed by atoms with E-state index in [0.29, 0.717) is 22.9 Å². The van der Waals surface area contributed by atoms with Crippen molar-refractivity contribution >= 4 is 15.9 Å². The minimum Gasteiger partial charge on any atom is -0.497 e.